The topological polar surface area (TPSA) is 90.2 Å². The summed E-state index contributed by atoms with van der Waals surface area (Å²) in [6.07, 6.45) is 0.102. The van der Waals surface area contributed by atoms with Gasteiger partial charge in [0, 0.05) is 6.54 Å². The highest BCUT2D eigenvalue weighted by Crippen LogP contribution is 2.03. The van der Waals surface area contributed by atoms with Crippen LogP contribution in [0, 0.1) is 11.3 Å². The van der Waals surface area contributed by atoms with Crippen LogP contribution in [0.25, 0.3) is 0 Å². The molecule has 0 aromatic heterocycles. The number of rotatable bonds is 5. The number of aliphatic carboxylic acids is 1. The summed E-state index contributed by atoms with van der Waals surface area (Å²) < 4.78 is 0. The number of carbonyl (C=O) groups excluding carboxylic acids is 1. The zero-order chi connectivity index (χ0) is 12.7. The summed E-state index contributed by atoms with van der Waals surface area (Å²) in [4.78, 5) is 21.2. The van der Waals surface area contributed by atoms with Crippen LogP contribution in [0.15, 0.2) is 24.3 Å². The van der Waals surface area contributed by atoms with Gasteiger partial charge in [-0.05, 0) is 24.1 Å². The van der Waals surface area contributed by atoms with E-state index in [9.17, 15) is 9.59 Å². The number of amides is 1. The van der Waals surface area contributed by atoms with Crippen molar-refractivity contribution in [1.29, 1.82) is 5.26 Å². The summed E-state index contributed by atoms with van der Waals surface area (Å²) in [6, 6.07) is 9.04. The summed E-state index contributed by atoms with van der Waals surface area (Å²) in [5.74, 6) is -1.63. The van der Waals surface area contributed by atoms with E-state index in [-0.39, 0.29) is 0 Å². The Morgan fingerprint density at radius 2 is 1.94 bits per heavy atom. The number of carboxylic acids is 1. The second-order valence-corrected chi connectivity index (χ2v) is 3.48. The molecule has 0 atom stereocenters. The first-order valence-corrected chi connectivity index (χ1v) is 5.09. The molecule has 0 fully saturated rings. The third-order valence-corrected chi connectivity index (χ3v) is 2.13. The fourth-order valence-corrected chi connectivity index (χ4v) is 1.29. The van der Waals surface area contributed by atoms with Crippen LogP contribution in [-0.2, 0) is 16.0 Å². The molecular weight excluding hydrogens is 220 g/mol. The van der Waals surface area contributed by atoms with Crippen LogP contribution in [0.1, 0.15) is 17.5 Å². The second kappa shape index (κ2) is 6.28. The van der Waals surface area contributed by atoms with Crippen LogP contribution < -0.4 is 5.32 Å². The minimum absolute atomic E-state index is 0.387. The van der Waals surface area contributed by atoms with Crippen molar-refractivity contribution in [3.05, 3.63) is 35.4 Å². The van der Waals surface area contributed by atoms with Gasteiger partial charge in [0.15, 0.2) is 0 Å². The van der Waals surface area contributed by atoms with E-state index in [1.807, 2.05) is 18.2 Å². The molecule has 0 unspecified atom stereocenters. The number of carboxylic acid groups (broad SMARTS) is 1. The number of nitrogens with one attached hydrogen (secondary N) is 1. The summed E-state index contributed by atoms with van der Waals surface area (Å²) in [6.45, 7) is 0.387. The van der Waals surface area contributed by atoms with E-state index in [1.54, 1.807) is 12.1 Å². The molecule has 1 amide bonds. The molecule has 0 aliphatic rings. The molecule has 2 N–H and O–H groups in total. The van der Waals surface area contributed by atoms with Crippen molar-refractivity contribution in [2.75, 3.05) is 6.54 Å². The predicted molar refractivity (Wildman–Crippen MR) is 60.1 cm³/mol. The molecule has 0 heterocycles. The van der Waals surface area contributed by atoms with Crippen molar-refractivity contribution in [3.8, 4) is 6.07 Å². The van der Waals surface area contributed by atoms with Crippen LogP contribution in [0.5, 0.6) is 0 Å². The molecule has 0 saturated heterocycles. The van der Waals surface area contributed by atoms with Crippen molar-refractivity contribution in [2.45, 2.75) is 12.8 Å². The van der Waals surface area contributed by atoms with Crippen molar-refractivity contribution < 1.29 is 14.7 Å². The Labute approximate surface area is 98.7 Å². The van der Waals surface area contributed by atoms with Gasteiger partial charge in [-0.2, -0.15) is 5.26 Å². The Morgan fingerprint density at radius 3 is 2.47 bits per heavy atom. The van der Waals surface area contributed by atoms with E-state index in [2.05, 4.69) is 5.32 Å². The number of nitrogens with zero attached hydrogens (tertiary/aromatic N) is 1. The molecule has 0 aliphatic carbocycles. The molecule has 0 bridgehead atoms. The van der Waals surface area contributed by atoms with Gasteiger partial charge in [-0.15, -0.1) is 0 Å². The molecule has 5 nitrogen and oxygen atoms in total. The highest BCUT2D eigenvalue weighted by Gasteiger charge is 2.05. The quantitative estimate of drug-likeness (QED) is 0.731. The Bertz CT molecular complexity index is 446. The average molecular weight is 232 g/mol. The third kappa shape index (κ3) is 4.80. The van der Waals surface area contributed by atoms with Crippen LogP contribution in [0.4, 0.5) is 0 Å². The average Bonchev–Trinajstić information content (AvgIpc) is 2.29. The lowest BCUT2D eigenvalue weighted by Gasteiger charge is -2.03. The second-order valence-electron chi connectivity index (χ2n) is 3.48. The Kier molecular flexibility index (Phi) is 4.70. The smallest absolute Gasteiger partial charge is 0.312 e. The van der Waals surface area contributed by atoms with Gasteiger partial charge in [0.1, 0.15) is 6.42 Å². The fourth-order valence-electron chi connectivity index (χ4n) is 1.29. The van der Waals surface area contributed by atoms with Gasteiger partial charge >= 0.3 is 5.97 Å². The van der Waals surface area contributed by atoms with Crippen LogP contribution in [-0.4, -0.2) is 23.5 Å². The van der Waals surface area contributed by atoms with Crippen LogP contribution in [0.3, 0.4) is 0 Å². The summed E-state index contributed by atoms with van der Waals surface area (Å²) in [5, 5.41) is 19.5. The van der Waals surface area contributed by atoms with E-state index in [0.717, 1.165) is 5.56 Å². The zero-order valence-corrected chi connectivity index (χ0v) is 9.14. The molecule has 0 saturated carbocycles. The maximum Gasteiger partial charge on any atom is 0.312 e. The lowest BCUT2D eigenvalue weighted by Crippen LogP contribution is -2.27. The van der Waals surface area contributed by atoms with Gasteiger partial charge in [-0.3, -0.25) is 9.59 Å². The summed E-state index contributed by atoms with van der Waals surface area (Å²) in [5.41, 5.74) is 1.57. The van der Waals surface area contributed by atoms with Crippen molar-refractivity contribution in [2.24, 2.45) is 0 Å². The molecule has 0 spiro atoms. The maximum absolute atomic E-state index is 11.0. The minimum atomic E-state index is -1.14. The Balaban J connectivity index is 2.33. The highest BCUT2D eigenvalue weighted by molar-refractivity contribution is 5.93. The lowest BCUT2D eigenvalue weighted by atomic mass is 10.1. The van der Waals surface area contributed by atoms with Crippen LogP contribution in [0.2, 0.25) is 0 Å². The molecule has 88 valence electrons. The van der Waals surface area contributed by atoms with E-state index in [4.69, 9.17) is 10.4 Å². The normalized spacial score (nSPS) is 9.35. The Hall–Kier alpha value is -2.35. The number of hydrogen-bond donors (Lipinski definition) is 2. The van der Waals surface area contributed by atoms with Crippen LogP contribution >= 0.6 is 0 Å². The SMILES string of the molecule is N#Cc1ccc(CCNC(=O)CC(=O)O)cc1. The first kappa shape index (κ1) is 12.7. The van der Waals surface area contributed by atoms with Crippen molar-refractivity contribution in [3.63, 3.8) is 0 Å². The molecule has 1 aromatic carbocycles. The predicted octanol–water partition coefficient (Wildman–Crippen LogP) is 0.692. The summed E-state index contributed by atoms with van der Waals surface area (Å²) in [7, 11) is 0. The molecular formula is C12H12N2O3. The number of hydrogen-bond acceptors (Lipinski definition) is 3. The van der Waals surface area contributed by atoms with Crippen molar-refractivity contribution >= 4 is 11.9 Å². The molecule has 1 rings (SSSR count). The van der Waals surface area contributed by atoms with E-state index < -0.39 is 18.3 Å². The monoisotopic (exact) mass is 232 g/mol. The molecule has 5 heteroatoms. The Morgan fingerprint density at radius 1 is 1.29 bits per heavy atom. The van der Waals surface area contributed by atoms with E-state index in [1.165, 1.54) is 0 Å². The molecule has 0 radical (unpaired) electrons. The first-order chi connectivity index (χ1) is 8.11. The largest absolute Gasteiger partial charge is 0.481 e. The van der Waals surface area contributed by atoms with Crippen molar-refractivity contribution in [1.82, 2.24) is 5.32 Å². The van der Waals surface area contributed by atoms with Gasteiger partial charge in [0.2, 0.25) is 5.91 Å². The van der Waals surface area contributed by atoms with Gasteiger partial charge in [0.05, 0.1) is 11.6 Å². The molecule has 17 heavy (non-hydrogen) atoms. The van der Waals surface area contributed by atoms with E-state index >= 15 is 0 Å². The molecule has 0 aliphatic heterocycles. The lowest BCUT2D eigenvalue weighted by molar-refractivity contribution is -0.140. The third-order valence-electron chi connectivity index (χ3n) is 2.13. The zero-order valence-electron chi connectivity index (χ0n) is 9.14. The summed E-state index contributed by atoms with van der Waals surface area (Å²) >= 11 is 0. The fraction of sp³-hybridized carbons (Fsp3) is 0.250. The van der Waals surface area contributed by atoms with E-state index in [0.29, 0.717) is 18.5 Å². The number of carbonyl (C=O) groups is 2. The number of nitriles is 1. The highest BCUT2D eigenvalue weighted by atomic mass is 16.4. The number of benzene rings is 1. The van der Waals surface area contributed by atoms with Gasteiger partial charge in [-0.1, -0.05) is 12.1 Å². The first-order valence-electron chi connectivity index (χ1n) is 5.09. The van der Waals surface area contributed by atoms with Gasteiger partial charge in [-0.25, -0.2) is 0 Å². The minimum Gasteiger partial charge on any atom is -0.481 e. The molecule has 1 aromatic rings. The maximum atomic E-state index is 11.0. The van der Waals surface area contributed by atoms with Gasteiger partial charge in [0.25, 0.3) is 0 Å². The van der Waals surface area contributed by atoms with Gasteiger partial charge < -0.3 is 10.4 Å². The standard InChI is InChI=1S/C12H12N2O3/c13-8-10-3-1-9(2-4-10)5-6-14-11(15)7-12(16)17/h1-4H,5-7H2,(H,14,15)(H,16,17).